The number of carbonyl (C=O) groups is 1. The second-order valence-electron chi connectivity index (χ2n) is 5.41. The zero-order chi connectivity index (χ0) is 12.8. The van der Waals surface area contributed by atoms with Crippen molar-refractivity contribution in [1.29, 1.82) is 0 Å². The van der Waals surface area contributed by atoms with Gasteiger partial charge in [-0.05, 0) is 45.6 Å². The highest BCUT2D eigenvalue weighted by molar-refractivity contribution is 5.76. The molecule has 0 aromatic carbocycles. The number of piperidine rings is 1. The summed E-state index contributed by atoms with van der Waals surface area (Å²) in [6.45, 7) is 5.72. The number of hydrogen-bond donors (Lipinski definition) is 0. The second-order valence-corrected chi connectivity index (χ2v) is 5.41. The number of fused-ring (bicyclic) bond motifs is 1. The number of hydrogen-bond acceptors (Lipinski definition) is 2. The molecule has 0 bridgehead atoms. The highest BCUT2D eigenvalue weighted by Gasteiger charge is 2.36. The molecule has 100 valence electrons. The topological polar surface area (TPSA) is 20.3 Å². The van der Waals surface area contributed by atoms with Crippen molar-refractivity contribution in [1.82, 2.24) is 4.90 Å². The Morgan fingerprint density at radius 2 is 1.76 bits per heavy atom. The van der Waals surface area contributed by atoms with Crippen LogP contribution < -0.4 is 0 Å². The van der Waals surface area contributed by atoms with Crippen LogP contribution in [0.4, 0.5) is 0 Å². The van der Waals surface area contributed by atoms with E-state index in [4.69, 9.17) is 0 Å². The summed E-state index contributed by atoms with van der Waals surface area (Å²) in [4.78, 5) is 13.7. The fourth-order valence-electron chi connectivity index (χ4n) is 3.52. The van der Waals surface area contributed by atoms with Gasteiger partial charge in [0.15, 0.2) is 0 Å². The summed E-state index contributed by atoms with van der Waals surface area (Å²) in [7, 11) is 2.23. The van der Waals surface area contributed by atoms with Crippen molar-refractivity contribution in [3.05, 3.63) is 0 Å². The Balaban J connectivity index is 0.000000686. The molecule has 1 heterocycles. The van der Waals surface area contributed by atoms with E-state index in [1.807, 2.05) is 13.8 Å². The fraction of sp³-hybridized carbons (Fsp3) is 0.933. The van der Waals surface area contributed by atoms with Crippen LogP contribution in [-0.2, 0) is 4.79 Å². The summed E-state index contributed by atoms with van der Waals surface area (Å²) in [5, 5.41) is 0. The Bertz CT molecular complexity index is 239. The van der Waals surface area contributed by atoms with Crippen LogP contribution in [0.15, 0.2) is 0 Å². The quantitative estimate of drug-likeness (QED) is 0.733. The molecule has 0 radical (unpaired) electrons. The van der Waals surface area contributed by atoms with E-state index in [2.05, 4.69) is 11.9 Å². The molecule has 0 aromatic heterocycles. The summed E-state index contributed by atoms with van der Waals surface area (Å²) >= 11 is 0. The number of likely N-dealkylation sites (tertiary alicyclic amines) is 1. The summed E-state index contributed by atoms with van der Waals surface area (Å²) < 4.78 is 0. The standard InChI is InChI=1S/C13H23NO.C2H6/c1-10(15)9-12-8-7-11-5-3-4-6-13(11)14(12)2;1-2/h11-13H,3-9H2,1-2H3;1-2H3. The van der Waals surface area contributed by atoms with Crippen molar-refractivity contribution in [3.8, 4) is 0 Å². The Morgan fingerprint density at radius 1 is 1.12 bits per heavy atom. The molecule has 1 saturated heterocycles. The summed E-state index contributed by atoms with van der Waals surface area (Å²) in [5.74, 6) is 1.27. The largest absolute Gasteiger partial charge is 0.300 e. The van der Waals surface area contributed by atoms with Gasteiger partial charge in [-0.15, -0.1) is 0 Å². The highest BCUT2D eigenvalue weighted by atomic mass is 16.1. The highest BCUT2D eigenvalue weighted by Crippen LogP contribution is 2.37. The van der Waals surface area contributed by atoms with Crippen LogP contribution in [-0.4, -0.2) is 29.8 Å². The molecule has 1 aliphatic heterocycles. The summed E-state index contributed by atoms with van der Waals surface area (Å²) in [6, 6.07) is 1.30. The van der Waals surface area contributed by atoms with Gasteiger partial charge < -0.3 is 0 Å². The first kappa shape index (κ1) is 14.7. The first-order chi connectivity index (χ1) is 8.18. The van der Waals surface area contributed by atoms with E-state index in [-0.39, 0.29) is 0 Å². The average molecular weight is 239 g/mol. The van der Waals surface area contributed by atoms with Crippen molar-refractivity contribution in [2.24, 2.45) is 5.92 Å². The minimum Gasteiger partial charge on any atom is -0.300 e. The van der Waals surface area contributed by atoms with Crippen LogP contribution in [0.25, 0.3) is 0 Å². The van der Waals surface area contributed by atoms with Gasteiger partial charge in [0.1, 0.15) is 5.78 Å². The van der Waals surface area contributed by atoms with Crippen LogP contribution >= 0.6 is 0 Å². The maximum atomic E-state index is 11.2. The SMILES string of the molecule is CC.CC(=O)CC1CCC2CCCCC2N1C. The molecule has 17 heavy (non-hydrogen) atoms. The fourth-order valence-corrected chi connectivity index (χ4v) is 3.52. The molecule has 2 aliphatic rings. The Morgan fingerprint density at radius 3 is 2.41 bits per heavy atom. The van der Waals surface area contributed by atoms with Gasteiger partial charge in [-0.2, -0.15) is 0 Å². The number of nitrogens with zero attached hydrogens (tertiary/aromatic N) is 1. The van der Waals surface area contributed by atoms with E-state index in [1.54, 1.807) is 6.92 Å². The van der Waals surface area contributed by atoms with Crippen LogP contribution in [0.3, 0.4) is 0 Å². The molecule has 1 aliphatic carbocycles. The molecule has 3 unspecified atom stereocenters. The van der Waals surface area contributed by atoms with E-state index >= 15 is 0 Å². The van der Waals surface area contributed by atoms with Crippen molar-refractivity contribution in [2.45, 2.75) is 77.8 Å². The van der Waals surface area contributed by atoms with Gasteiger partial charge in [0, 0.05) is 18.5 Å². The van der Waals surface area contributed by atoms with E-state index in [0.717, 1.165) is 18.4 Å². The molecule has 2 fully saturated rings. The van der Waals surface area contributed by atoms with Gasteiger partial charge in [-0.25, -0.2) is 0 Å². The molecule has 3 atom stereocenters. The molecule has 0 amide bonds. The summed E-state index contributed by atoms with van der Waals surface area (Å²) in [6.07, 6.45) is 8.94. The molecule has 0 spiro atoms. The first-order valence-corrected chi connectivity index (χ1v) is 7.40. The van der Waals surface area contributed by atoms with Gasteiger partial charge in [-0.3, -0.25) is 9.69 Å². The number of rotatable bonds is 2. The molecule has 0 N–H and O–H groups in total. The van der Waals surface area contributed by atoms with Crippen molar-refractivity contribution in [2.75, 3.05) is 7.05 Å². The van der Waals surface area contributed by atoms with Crippen molar-refractivity contribution < 1.29 is 4.79 Å². The van der Waals surface area contributed by atoms with E-state index < -0.39 is 0 Å². The Kier molecular flexibility index (Phi) is 6.18. The van der Waals surface area contributed by atoms with Crippen LogP contribution in [0.5, 0.6) is 0 Å². The predicted octanol–water partition coefficient (Wildman–Crippen LogP) is 3.64. The normalized spacial score (nSPS) is 33.3. The lowest BCUT2D eigenvalue weighted by molar-refractivity contribution is -0.119. The van der Waals surface area contributed by atoms with Gasteiger partial charge >= 0.3 is 0 Å². The zero-order valence-electron chi connectivity index (χ0n) is 12.0. The van der Waals surface area contributed by atoms with Gasteiger partial charge in [0.05, 0.1) is 0 Å². The van der Waals surface area contributed by atoms with E-state index in [9.17, 15) is 4.79 Å². The lowest BCUT2D eigenvalue weighted by Crippen LogP contribution is -2.50. The lowest BCUT2D eigenvalue weighted by Gasteiger charge is -2.46. The first-order valence-electron chi connectivity index (χ1n) is 7.40. The van der Waals surface area contributed by atoms with Crippen LogP contribution in [0.2, 0.25) is 0 Å². The minimum atomic E-state index is 0.348. The lowest BCUT2D eigenvalue weighted by atomic mass is 9.76. The third-order valence-corrected chi connectivity index (χ3v) is 4.36. The average Bonchev–Trinajstić information content (AvgIpc) is 2.35. The zero-order valence-corrected chi connectivity index (χ0v) is 12.0. The Hall–Kier alpha value is -0.370. The molecule has 2 heteroatoms. The van der Waals surface area contributed by atoms with E-state index in [0.29, 0.717) is 11.8 Å². The molecule has 2 nitrogen and oxygen atoms in total. The molecular formula is C15H29NO. The molecule has 0 aromatic rings. The third-order valence-electron chi connectivity index (χ3n) is 4.36. The second kappa shape index (κ2) is 7.15. The van der Waals surface area contributed by atoms with E-state index in [1.165, 1.54) is 38.5 Å². The molecule has 1 saturated carbocycles. The van der Waals surface area contributed by atoms with Gasteiger partial charge in [0.2, 0.25) is 0 Å². The maximum absolute atomic E-state index is 11.2. The monoisotopic (exact) mass is 239 g/mol. The minimum absolute atomic E-state index is 0.348. The summed E-state index contributed by atoms with van der Waals surface area (Å²) in [5.41, 5.74) is 0. The molecular weight excluding hydrogens is 210 g/mol. The Labute approximate surface area is 107 Å². The van der Waals surface area contributed by atoms with Crippen LogP contribution in [0, 0.1) is 5.92 Å². The third kappa shape index (κ3) is 3.80. The van der Waals surface area contributed by atoms with Gasteiger partial charge in [-0.1, -0.05) is 26.7 Å². The number of carbonyl (C=O) groups excluding carboxylic acids is 1. The predicted molar refractivity (Wildman–Crippen MR) is 73.2 cm³/mol. The van der Waals surface area contributed by atoms with Crippen molar-refractivity contribution in [3.63, 3.8) is 0 Å². The van der Waals surface area contributed by atoms with Gasteiger partial charge in [0.25, 0.3) is 0 Å². The number of ketones is 1. The molecule has 2 rings (SSSR count). The van der Waals surface area contributed by atoms with Crippen molar-refractivity contribution >= 4 is 5.78 Å². The van der Waals surface area contributed by atoms with Crippen LogP contribution in [0.1, 0.15) is 65.7 Å². The smallest absolute Gasteiger partial charge is 0.131 e. The maximum Gasteiger partial charge on any atom is 0.131 e. The number of Topliss-reactive ketones (excluding diaryl/α,β-unsaturated/α-hetero) is 1.